The molecule has 3 nitrogen and oxygen atoms in total. The van der Waals surface area contributed by atoms with Gasteiger partial charge in [-0.3, -0.25) is 0 Å². The Labute approximate surface area is 108 Å². The van der Waals surface area contributed by atoms with Crippen LogP contribution in [0.15, 0.2) is 30.3 Å². The van der Waals surface area contributed by atoms with E-state index in [0.29, 0.717) is 26.2 Å². The van der Waals surface area contributed by atoms with Gasteiger partial charge in [0, 0.05) is 18.9 Å². The summed E-state index contributed by atoms with van der Waals surface area (Å²) in [5, 5.41) is 0. The summed E-state index contributed by atoms with van der Waals surface area (Å²) in [6.45, 7) is 3.39. The van der Waals surface area contributed by atoms with Gasteiger partial charge < -0.3 is 9.47 Å². The Morgan fingerprint density at radius 1 is 1.28 bits per heavy atom. The highest BCUT2D eigenvalue weighted by molar-refractivity contribution is 5.88. The van der Waals surface area contributed by atoms with Crippen molar-refractivity contribution in [2.24, 2.45) is 0 Å². The van der Waals surface area contributed by atoms with Crippen LogP contribution in [-0.2, 0) is 20.9 Å². The molecular formula is C15H18O3. The van der Waals surface area contributed by atoms with Crippen molar-refractivity contribution in [2.75, 3.05) is 13.2 Å². The van der Waals surface area contributed by atoms with Crippen molar-refractivity contribution < 1.29 is 14.3 Å². The minimum atomic E-state index is -0.456. The van der Waals surface area contributed by atoms with Gasteiger partial charge in [-0.2, -0.15) is 0 Å². The van der Waals surface area contributed by atoms with Gasteiger partial charge in [-0.25, -0.2) is 4.79 Å². The largest absolute Gasteiger partial charge is 0.456 e. The molecule has 96 valence electrons. The molecule has 0 radical (unpaired) electrons. The third-order valence-electron chi connectivity index (χ3n) is 2.17. The van der Waals surface area contributed by atoms with Crippen molar-refractivity contribution in [3.05, 3.63) is 35.9 Å². The topological polar surface area (TPSA) is 35.5 Å². The lowest BCUT2D eigenvalue weighted by Gasteiger charge is -2.02. The fourth-order valence-electron chi connectivity index (χ4n) is 1.33. The van der Waals surface area contributed by atoms with Crippen molar-refractivity contribution in [1.82, 2.24) is 0 Å². The quantitative estimate of drug-likeness (QED) is 0.335. The molecule has 0 N–H and O–H groups in total. The van der Waals surface area contributed by atoms with Gasteiger partial charge in [0.1, 0.15) is 0 Å². The van der Waals surface area contributed by atoms with Crippen LogP contribution in [0.1, 0.15) is 25.3 Å². The summed E-state index contributed by atoms with van der Waals surface area (Å²) in [6, 6.07) is 10.0. The Bertz CT molecular complexity index is 401. The summed E-state index contributed by atoms with van der Waals surface area (Å²) in [5.41, 5.74) is 1.16. The summed E-state index contributed by atoms with van der Waals surface area (Å²) in [6.07, 6.45) is 1.47. The van der Waals surface area contributed by atoms with Gasteiger partial charge in [-0.1, -0.05) is 36.3 Å². The highest BCUT2D eigenvalue weighted by Gasteiger charge is 1.93. The first kappa shape index (κ1) is 14.3. The standard InChI is InChI=1S/C15H18O3/c1-2-18-15(16)11-7-4-8-12-17-13-14-9-5-3-6-10-14/h3,5-6,9-10H,2,4,8,12-13H2,1H3. The van der Waals surface area contributed by atoms with Crippen LogP contribution < -0.4 is 0 Å². The second-order valence-electron chi connectivity index (χ2n) is 3.66. The van der Waals surface area contributed by atoms with Gasteiger partial charge in [-0.15, -0.1) is 0 Å². The molecule has 1 rings (SSSR count). The zero-order valence-electron chi connectivity index (χ0n) is 10.6. The van der Waals surface area contributed by atoms with Crippen LogP contribution in [-0.4, -0.2) is 19.2 Å². The molecule has 0 heterocycles. The van der Waals surface area contributed by atoms with E-state index in [-0.39, 0.29) is 0 Å². The number of esters is 1. The van der Waals surface area contributed by atoms with Gasteiger partial charge >= 0.3 is 5.97 Å². The number of rotatable bonds is 6. The molecule has 1 aromatic carbocycles. The molecule has 0 amide bonds. The zero-order valence-corrected chi connectivity index (χ0v) is 10.6. The lowest BCUT2D eigenvalue weighted by Crippen LogP contribution is -1.99. The van der Waals surface area contributed by atoms with Crippen molar-refractivity contribution >= 4 is 5.97 Å². The summed E-state index contributed by atoms with van der Waals surface area (Å²) in [4.78, 5) is 10.9. The first-order valence-electron chi connectivity index (χ1n) is 6.10. The number of hydrogen-bond acceptors (Lipinski definition) is 3. The monoisotopic (exact) mass is 246 g/mol. The van der Waals surface area contributed by atoms with Gasteiger partial charge in [0.05, 0.1) is 13.2 Å². The minimum Gasteiger partial charge on any atom is -0.456 e. The maximum atomic E-state index is 10.9. The average Bonchev–Trinajstić information content (AvgIpc) is 2.39. The molecule has 0 spiro atoms. The zero-order chi connectivity index (χ0) is 13.1. The Morgan fingerprint density at radius 2 is 2.06 bits per heavy atom. The van der Waals surface area contributed by atoms with E-state index < -0.39 is 5.97 Å². The van der Waals surface area contributed by atoms with Crippen LogP contribution in [0.5, 0.6) is 0 Å². The molecule has 0 atom stereocenters. The van der Waals surface area contributed by atoms with Crippen LogP contribution in [0.4, 0.5) is 0 Å². The van der Waals surface area contributed by atoms with Crippen LogP contribution in [0.25, 0.3) is 0 Å². The van der Waals surface area contributed by atoms with E-state index in [1.807, 2.05) is 30.3 Å². The Hall–Kier alpha value is -1.79. The molecule has 0 aromatic heterocycles. The van der Waals surface area contributed by atoms with Gasteiger partial charge in [0.2, 0.25) is 0 Å². The maximum Gasteiger partial charge on any atom is 0.384 e. The summed E-state index contributed by atoms with van der Waals surface area (Å²) >= 11 is 0. The van der Waals surface area contributed by atoms with Crippen LogP contribution in [0.2, 0.25) is 0 Å². The lowest BCUT2D eigenvalue weighted by molar-refractivity contribution is -0.136. The highest BCUT2D eigenvalue weighted by Crippen LogP contribution is 2.01. The summed E-state index contributed by atoms with van der Waals surface area (Å²) < 4.78 is 10.2. The number of hydrogen-bond donors (Lipinski definition) is 0. The molecule has 0 saturated heterocycles. The Balaban J connectivity index is 2.04. The summed E-state index contributed by atoms with van der Waals surface area (Å²) in [5.74, 6) is 4.73. The predicted molar refractivity (Wildman–Crippen MR) is 69.7 cm³/mol. The molecular weight excluding hydrogens is 228 g/mol. The third kappa shape index (κ3) is 6.72. The summed E-state index contributed by atoms with van der Waals surface area (Å²) in [7, 11) is 0. The van der Waals surface area contributed by atoms with Crippen molar-refractivity contribution in [3.8, 4) is 11.8 Å². The first-order valence-corrected chi connectivity index (χ1v) is 6.10. The molecule has 3 heteroatoms. The number of carbonyl (C=O) groups is 1. The molecule has 0 aliphatic rings. The fourth-order valence-corrected chi connectivity index (χ4v) is 1.33. The number of ether oxygens (including phenoxy) is 2. The van der Waals surface area contributed by atoms with Crippen molar-refractivity contribution in [1.29, 1.82) is 0 Å². The Kier molecular flexibility index (Phi) is 7.34. The lowest BCUT2D eigenvalue weighted by atomic mass is 10.2. The molecule has 0 aliphatic carbocycles. The number of benzene rings is 1. The van der Waals surface area contributed by atoms with E-state index >= 15 is 0 Å². The van der Waals surface area contributed by atoms with Crippen molar-refractivity contribution in [2.45, 2.75) is 26.4 Å². The molecule has 1 aromatic rings. The normalized spacial score (nSPS) is 9.39. The van der Waals surface area contributed by atoms with E-state index in [4.69, 9.17) is 4.74 Å². The average molecular weight is 246 g/mol. The predicted octanol–water partition coefficient (Wildman–Crippen LogP) is 2.55. The van der Waals surface area contributed by atoms with Gasteiger partial charge in [0.15, 0.2) is 0 Å². The molecule has 0 unspecified atom stereocenters. The molecule has 0 saturated carbocycles. The molecule has 0 bridgehead atoms. The van der Waals surface area contributed by atoms with Crippen LogP contribution >= 0.6 is 0 Å². The third-order valence-corrected chi connectivity index (χ3v) is 2.17. The first-order chi connectivity index (χ1) is 8.83. The van der Waals surface area contributed by atoms with E-state index in [0.717, 1.165) is 12.0 Å². The van der Waals surface area contributed by atoms with Crippen LogP contribution in [0.3, 0.4) is 0 Å². The minimum absolute atomic E-state index is 0.369. The number of carbonyl (C=O) groups excluding carboxylic acids is 1. The molecule has 0 fully saturated rings. The van der Waals surface area contributed by atoms with E-state index in [2.05, 4.69) is 16.6 Å². The van der Waals surface area contributed by atoms with Gasteiger partial charge in [-0.05, 0) is 18.9 Å². The SMILES string of the molecule is CCOC(=O)C#CCCCOCc1ccccc1. The maximum absolute atomic E-state index is 10.9. The van der Waals surface area contributed by atoms with Crippen LogP contribution in [0, 0.1) is 11.8 Å². The molecule has 0 aliphatic heterocycles. The Morgan fingerprint density at radius 3 is 2.78 bits per heavy atom. The second-order valence-corrected chi connectivity index (χ2v) is 3.66. The van der Waals surface area contributed by atoms with E-state index in [9.17, 15) is 4.79 Å². The molecule has 18 heavy (non-hydrogen) atoms. The highest BCUT2D eigenvalue weighted by atomic mass is 16.5. The smallest absolute Gasteiger partial charge is 0.384 e. The van der Waals surface area contributed by atoms with Gasteiger partial charge in [0.25, 0.3) is 0 Å². The van der Waals surface area contributed by atoms with E-state index in [1.54, 1.807) is 6.92 Å². The fraction of sp³-hybridized carbons (Fsp3) is 0.400. The number of unbranched alkanes of at least 4 members (excludes halogenated alkanes) is 1. The van der Waals surface area contributed by atoms with E-state index in [1.165, 1.54) is 0 Å². The second kappa shape index (κ2) is 9.26. The van der Waals surface area contributed by atoms with Crippen molar-refractivity contribution in [3.63, 3.8) is 0 Å².